The van der Waals surface area contributed by atoms with E-state index in [2.05, 4.69) is 19.2 Å². The summed E-state index contributed by atoms with van der Waals surface area (Å²) in [5.74, 6) is 1.60. The first-order valence-electron chi connectivity index (χ1n) is 8.29. The molecule has 0 fully saturated rings. The van der Waals surface area contributed by atoms with Crippen molar-refractivity contribution in [2.24, 2.45) is 5.92 Å². The van der Waals surface area contributed by atoms with Gasteiger partial charge in [-0.05, 0) is 38.3 Å². The van der Waals surface area contributed by atoms with Crippen LogP contribution in [0.25, 0.3) is 0 Å². The van der Waals surface area contributed by atoms with Gasteiger partial charge in [0.25, 0.3) is 0 Å². The molecule has 120 valence electrons. The number of rotatable bonds is 10. The zero-order valence-corrected chi connectivity index (χ0v) is 14.1. The maximum atomic E-state index is 5.92. The number of nitrogen functional groups attached to an aromatic ring is 1. The van der Waals surface area contributed by atoms with E-state index in [1.165, 1.54) is 32.1 Å². The molecule has 0 amide bonds. The maximum Gasteiger partial charge on any atom is 0.144 e. The minimum Gasteiger partial charge on any atom is -0.489 e. The highest BCUT2D eigenvalue weighted by atomic mass is 16.5. The van der Waals surface area contributed by atoms with Crippen LogP contribution in [0.1, 0.15) is 59.8 Å². The summed E-state index contributed by atoms with van der Waals surface area (Å²) in [6.07, 6.45) is 6.69. The van der Waals surface area contributed by atoms with Gasteiger partial charge in [0.05, 0.1) is 11.8 Å². The lowest BCUT2D eigenvalue weighted by atomic mass is 10.0. The highest BCUT2D eigenvalue weighted by Crippen LogP contribution is 2.26. The van der Waals surface area contributed by atoms with Gasteiger partial charge in [-0.1, -0.05) is 39.5 Å². The summed E-state index contributed by atoms with van der Waals surface area (Å²) < 4.78 is 5.70. The Labute approximate surface area is 130 Å². The quantitative estimate of drug-likeness (QED) is 0.467. The molecule has 1 aromatic rings. The van der Waals surface area contributed by atoms with E-state index in [1.54, 1.807) is 0 Å². The van der Waals surface area contributed by atoms with E-state index < -0.39 is 0 Å². The molecule has 0 bridgehead atoms. The molecule has 3 heteroatoms. The predicted octanol–water partition coefficient (Wildman–Crippen LogP) is 5.07. The normalized spacial score (nSPS) is 11.1. The number of unbranched alkanes of at least 4 members (excludes halogenated alkanes) is 3. The maximum absolute atomic E-state index is 5.92. The summed E-state index contributed by atoms with van der Waals surface area (Å²) in [7, 11) is 0. The summed E-state index contributed by atoms with van der Waals surface area (Å²) in [4.78, 5) is 0. The molecular formula is C18H32N2O. The van der Waals surface area contributed by atoms with Crippen molar-refractivity contribution in [1.29, 1.82) is 0 Å². The van der Waals surface area contributed by atoms with Gasteiger partial charge in [-0.3, -0.25) is 0 Å². The Hall–Kier alpha value is -1.38. The third kappa shape index (κ3) is 7.84. The topological polar surface area (TPSA) is 47.3 Å². The van der Waals surface area contributed by atoms with Crippen LogP contribution in [0.5, 0.6) is 5.75 Å². The lowest BCUT2D eigenvalue weighted by Gasteiger charge is -2.14. The van der Waals surface area contributed by atoms with Crippen LogP contribution >= 0.6 is 0 Å². The lowest BCUT2D eigenvalue weighted by Crippen LogP contribution is -2.08. The zero-order chi connectivity index (χ0) is 15.7. The first kappa shape index (κ1) is 17.7. The molecule has 0 spiro atoms. The van der Waals surface area contributed by atoms with E-state index in [0.717, 1.165) is 23.9 Å². The van der Waals surface area contributed by atoms with Crippen molar-refractivity contribution >= 4 is 11.4 Å². The molecule has 1 rings (SSSR count). The molecule has 0 radical (unpaired) electrons. The van der Waals surface area contributed by atoms with Gasteiger partial charge in [0, 0.05) is 18.3 Å². The van der Waals surface area contributed by atoms with Gasteiger partial charge < -0.3 is 15.8 Å². The molecule has 21 heavy (non-hydrogen) atoms. The highest BCUT2D eigenvalue weighted by molar-refractivity contribution is 5.61. The van der Waals surface area contributed by atoms with Crippen LogP contribution in [-0.4, -0.2) is 12.6 Å². The second-order valence-electron chi connectivity index (χ2n) is 6.44. The Morgan fingerprint density at radius 2 is 1.76 bits per heavy atom. The van der Waals surface area contributed by atoms with E-state index in [9.17, 15) is 0 Å². The van der Waals surface area contributed by atoms with Crippen LogP contribution in [0.15, 0.2) is 18.2 Å². The molecule has 0 heterocycles. The number of hydrogen-bond donors (Lipinski definition) is 2. The lowest BCUT2D eigenvalue weighted by molar-refractivity contribution is 0.244. The Morgan fingerprint density at radius 3 is 2.43 bits per heavy atom. The van der Waals surface area contributed by atoms with Gasteiger partial charge in [-0.15, -0.1) is 0 Å². The fraction of sp³-hybridized carbons (Fsp3) is 0.667. The van der Waals surface area contributed by atoms with Gasteiger partial charge in [0.2, 0.25) is 0 Å². The van der Waals surface area contributed by atoms with E-state index in [0.29, 0.717) is 5.69 Å². The SMILES string of the molecule is CC(C)CCCCCCNc1ccc(N)c(OC(C)C)c1. The average Bonchev–Trinajstić information content (AvgIpc) is 2.40. The van der Waals surface area contributed by atoms with Gasteiger partial charge >= 0.3 is 0 Å². The van der Waals surface area contributed by atoms with Crippen molar-refractivity contribution < 1.29 is 4.74 Å². The minimum atomic E-state index is 0.142. The average molecular weight is 292 g/mol. The van der Waals surface area contributed by atoms with E-state index >= 15 is 0 Å². The van der Waals surface area contributed by atoms with Gasteiger partial charge in [0.15, 0.2) is 0 Å². The molecule has 0 saturated carbocycles. The smallest absolute Gasteiger partial charge is 0.144 e. The van der Waals surface area contributed by atoms with Crippen LogP contribution < -0.4 is 15.8 Å². The number of nitrogens with one attached hydrogen (secondary N) is 1. The summed E-state index contributed by atoms with van der Waals surface area (Å²) in [6.45, 7) is 9.61. The third-order valence-corrected chi connectivity index (χ3v) is 3.41. The standard InChI is InChI=1S/C18H32N2O/c1-14(2)9-7-5-6-8-12-20-16-10-11-17(19)18(13-16)21-15(3)4/h10-11,13-15,20H,5-9,12,19H2,1-4H3. The molecular weight excluding hydrogens is 260 g/mol. The van der Waals surface area contributed by atoms with E-state index in [4.69, 9.17) is 10.5 Å². The van der Waals surface area contributed by atoms with Crippen LogP contribution in [0.4, 0.5) is 11.4 Å². The monoisotopic (exact) mass is 292 g/mol. The molecule has 0 aliphatic carbocycles. The molecule has 0 aliphatic heterocycles. The summed E-state index contributed by atoms with van der Waals surface area (Å²) in [6, 6.07) is 5.91. The molecule has 0 aromatic heterocycles. The second-order valence-corrected chi connectivity index (χ2v) is 6.44. The molecule has 0 unspecified atom stereocenters. The Morgan fingerprint density at radius 1 is 1.05 bits per heavy atom. The van der Waals surface area contributed by atoms with Gasteiger partial charge in [-0.25, -0.2) is 0 Å². The summed E-state index contributed by atoms with van der Waals surface area (Å²) >= 11 is 0. The van der Waals surface area contributed by atoms with Crippen molar-refractivity contribution in [2.45, 2.75) is 65.9 Å². The molecule has 1 aromatic carbocycles. The molecule has 0 atom stereocenters. The molecule has 0 saturated heterocycles. The Bertz CT molecular complexity index is 402. The van der Waals surface area contributed by atoms with Crippen molar-refractivity contribution in [1.82, 2.24) is 0 Å². The first-order valence-corrected chi connectivity index (χ1v) is 8.29. The number of benzene rings is 1. The van der Waals surface area contributed by atoms with Crippen molar-refractivity contribution in [3.05, 3.63) is 18.2 Å². The van der Waals surface area contributed by atoms with Crippen LogP contribution in [0.2, 0.25) is 0 Å². The zero-order valence-electron chi connectivity index (χ0n) is 14.1. The van der Waals surface area contributed by atoms with Crippen molar-refractivity contribution in [3.63, 3.8) is 0 Å². The fourth-order valence-electron chi connectivity index (χ4n) is 2.26. The van der Waals surface area contributed by atoms with Crippen LogP contribution in [-0.2, 0) is 0 Å². The number of anilines is 2. The molecule has 3 N–H and O–H groups in total. The Balaban J connectivity index is 2.26. The largest absolute Gasteiger partial charge is 0.489 e. The highest BCUT2D eigenvalue weighted by Gasteiger charge is 2.04. The first-order chi connectivity index (χ1) is 9.99. The summed E-state index contributed by atoms with van der Waals surface area (Å²) in [5, 5.41) is 3.45. The third-order valence-electron chi connectivity index (χ3n) is 3.41. The summed E-state index contributed by atoms with van der Waals surface area (Å²) in [5.41, 5.74) is 7.70. The van der Waals surface area contributed by atoms with Crippen LogP contribution in [0, 0.1) is 5.92 Å². The number of ether oxygens (including phenoxy) is 1. The number of nitrogens with two attached hydrogens (primary N) is 1. The van der Waals surface area contributed by atoms with Crippen molar-refractivity contribution in [3.8, 4) is 5.75 Å². The van der Waals surface area contributed by atoms with Gasteiger partial charge in [-0.2, -0.15) is 0 Å². The predicted molar refractivity (Wildman–Crippen MR) is 93.0 cm³/mol. The van der Waals surface area contributed by atoms with Crippen molar-refractivity contribution in [2.75, 3.05) is 17.6 Å². The van der Waals surface area contributed by atoms with Gasteiger partial charge in [0.1, 0.15) is 5.75 Å². The molecule has 3 nitrogen and oxygen atoms in total. The van der Waals surface area contributed by atoms with Crippen LogP contribution in [0.3, 0.4) is 0 Å². The van der Waals surface area contributed by atoms with E-state index in [-0.39, 0.29) is 6.10 Å². The molecule has 0 aliphatic rings. The second kappa shape index (κ2) is 9.54. The number of hydrogen-bond acceptors (Lipinski definition) is 3. The Kier molecular flexibility index (Phi) is 8.03. The fourth-order valence-corrected chi connectivity index (χ4v) is 2.26. The minimum absolute atomic E-state index is 0.142. The van der Waals surface area contributed by atoms with E-state index in [1.807, 2.05) is 32.0 Å².